The molecule has 0 saturated carbocycles. The van der Waals surface area contributed by atoms with Crippen molar-refractivity contribution in [3.63, 3.8) is 0 Å². The van der Waals surface area contributed by atoms with Crippen LogP contribution in [-0.4, -0.2) is 46.0 Å². The molecule has 3 aromatic carbocycles. The molecule has 0 saturated heterocycles. The molecular formula is C27H28N2O7. The molecule has 1 amide bonds. The largest absolute Gasteiger partial charge is 0.493 e. The van der Waals surface area contributed by atoms with E-state index < -0.39 is 5.97 Å². The van der Waals surface area contributed by atoms with Crippen LogP contribution in [0.4, 0.5) is 0 Å². The lowest BCUT2D eigenvalue weighted by Crippen LogP contribution is -2.24. The van der Waals surface area contributed by atoms with Crippen LogP contribution in [-0.2, 0) is 4.79 Å². The van der Waals surface area contributed by atoms with E-state index in [1.54, 1.807) is 24.3 Å². The zero-order chi connectivity index (χ0) is 26.1. The van der Waals surface area contributed by atoms with E-state index in [4.69, 9.17) is 23.7 Å². The quantitative estimate of drug-likeness (QED) is 0.197. The van der Waals surface area contributed by atoms with Gasteiger partial charge in [-0.1, -0.05) is 12.1 Å². The van der Waals surface area contributed by atoms with E-state index in [9.17, 15) is 9.59 Å². The number of methoxy groups -OCH3 is 3. The molecule has 0 aliphatic carbocycles. The van der Waals surface area contributed by atoms with Crippen molar-refractivity contribution in [1.82, 2.24) is 5.43 Å². The number of nitrogens with one attached hydrogen (secondary N) is 1. The second kappa shape index (κ2) is 12.3. The molecule has 0 aliphatic rings. The van der Waals surface area contributed by atoms with Gasteiger partial charge in [-0.05, 0) is 73.0 Å². The van der Waals surface area contributed by atoms with Gasteiger partial charge >= 0.3 is 5.97 Å². The van der Waals surface area contributed by atoms with E-state index in [-0.39, 0.29) is 18.1 Å². The molecular weight excluding hydrogens is 464 g/mol. The molecule has 9 nitrogen and oxygen atoms in total. The number of carbonyl (C=O) groups excluding carboxylic acids is 2. The number of ether oxygens (including phenoxy) is 5. The fraction of sp³-hybridized carbons (Fsp3) is 0.222. The first-order valence-corrected chi connectivity index (χ1v) is 11.0. The molecule has 3 aromatic rings. The Kier molecular flexibility index (Phi) is 8.88. The summed E-state index contributed by atoms with van der Waals surface area (Å²) in [6.45, 7) is 3.76. The monoisotopic (exact) mass is 492 g/mol. The minimum absolute atomic E-state index is 0.155. The van der Waals surface area contributed by atoms with Crippen LogP contribution in [0.2, 0.25) is 0 Å². The van der Waals surface area contributed by atoms with E-state index in [1.807, 2.05) is 32.0 Å². The molecule has 0 fully saturated rings. The number of rotatable bonds is 10. The van der Waals surface area contributed by atoms with E-state index in [0.717, 1.165) is 11.1 Å². The Labute approximate surface area is 209 Å². The highest BCUT2D eigenvalue weighted by molar-refractivity contribution is 5.93. The number of hydrogen-bond donors (Lipinski definition) is 1. The SMILES string of the molecule is COc1cc(C(=O)Oc2ccc(/C=N/NC(=O)COc3cccc(C)c3C)cc2)cc(OC)c1OC. The molecule has 0 aromatic heterocycles. The number of carbonyl (C=O) groups is 2. The van der Waals surface area contributed by atoms with Crippen LogP contribution in [0.5, 0.6) is 28.7 Å². The fourth-order valence-corrected chi connectivity index (χ4v) is 3.22. The number of amides is 1. The molecule has 9 heteroatoms. The number of hydrazone groups is 1. The van der Waals surface area contributed by atoms with Crippen molar-refractivity contribution < 1.29 is 33.3 Å². The van der Waals surface area contributed by atoms with Crippen molar-refractivity contribution in [3.8, 4) is 28.7 Å². The van der Waals surface area contributed by atoms with E-state index >= 15 is 0 Å². The highest BCUT2D eigenvalue weighted by atomic mass is 16.5. The highest BCUT2D eigenvalue weighted by Crippen LogP contribution is 2.38. The van der Waals surface area contributed by atoms with Gasteiger partial charge in [0.2, 0.25) is 5.75 Å². The van der Waals surface area contributed by atoms with Crippen LogP contribution in [0.25, 0.3) is 0 Å². The van der Waals surface area contributed by atoms with Crippen molar-refractivity contribution in [2.24, 2.45) is 5.10 Å². The Morgan fingerprint density at radius 1 is 0.889 bits per heavy atom. The van der Waals surface area contributed by atoms with E-state index in [0.29, 0.717) is 34.3 Å². The number of aryl methyl sites for hydroxylation is 1. The van der Waals surface area contributed by atoms with Gasteiger partial charge in [0.05, 0.1) is 33.1 Å². The van der Waals surface area contributed by atoms with E-state index in [2.05, 4.69) is 10.5 Å². The Bertz CT molecular complexity index is 1230. The van der Waals surface area contributed by atoms with Gasteiger partial charge in [-0.2, -0.15) is 5.10 Å². The first-order chi connectivity index (χ1) is 17.4. The van der Waals surface area contributed by atoms with E-state index in [1.165, 1.54) is 39.7 Å². The van der Waals surface area contributed by atoms with Gasteiger partial charge in [-0.3, -0.25) is 4.79 Å². The predicted octanol–water partition coefficient (Wildman–Crippen LogP) is 4.08. The Morgan fingerprint density at radius 3 is 2.17 bits per heavy atom. The van der Waals surface area contributed by atoms with Crippen LogP contribution in [0.3, 0.4) is 0 Å². The molecule has 188 valence electrons. The van der Waals surface area contributed by atoms with Crippen molar-refractivity contribution in [2.75, 3.05) is 27.9 Å². The van der Waals surface area contributed by atoms with Gasteiger partial charge in [0.25, 0.3) is 5.91 Å². The van der Waals surface area contributed by atoms with Crippen LogP contribution in [0.15, 0.2) is 59.7 Å². The van der Waals surface area contributed by atoms with Crippen LogP contribution in [0.1, 0.15) is 27.0 Å². The lowest BCUT2D eigenvalue weighted by atomic mass is 10.1. The molecule has 1 N–H and O–H groups in total. The number of hydrogen-bond acceptors (Lipinski definition) is 8. The summed E-state index contributed by atoms with van der Waals surface area (Å²) in [6, 6.07) is 15.3. The fourth-order valence-electron chi connectivity index (χ4n) is 3.22. The van der Waals surface area contributed by atoms with Crippen molar-refractivity contribution in [3.05, 3.63) is 76.9 Å². The molecule has 0 heterocycles. The number of esters is 1. The summed E-state index contributed by atoms with van der Waals surface area (Å²) < 4.78 is 26.8. The molecule has 36 heavy (non-hydrogen) atoms. The van der Waals surface area contributed by atoms with Crippen LogP contribution >= 0.6 is 0 Å². The summed E-state index contributed by atoms with van der Waals surface area (Å²) in [5, 5.41) is 3.93. The second-order valence-electron chi connectivity index (χ2n) is 7.65. The highest BCUT2D eigenvalue weighted by Gasteiger charge is 2.18. The zero-order valence-corrected chi connectivity index (χ0v) is 20.8. The maximum atomic E-state index is 12.6. The molecule has 3 rings (SSSR count). The second-order valence-corrected chi connectivity index (χ2v) is 7.65. The van der Waals surface area contributed by atoms with Gasteiger partial charge in [0, 0.05) is 0 Å². The maximum absolute atomic E-state index is 12.6. The summed E-state index contributed by atoms with van der Waals surface area (Å²) >= 11 is 0. The topological polar surface area (TPSA) is 105 Å². The molecule has 0 atom stereocenters. The molecule has 0 radical (unpaired) electrons. The number of nitrogens with zero attached hydrogens (tertiary/aromatic N) is 1. The summed E-state index contributed by atoms with van der Waals surface area (Å²) in [4.78, 5) is 24.6. The Morgan fingerprint density at radius 2 is 1.56 bits per heavy atom. The summed E-state index contributed by atoms with van der Waals surface area (Å²) in [7, 11) is 4.41. The van der Waals surface area contributed by atoms with Crippen molar-refractivity contribution >= 4 is 18.1 Å². The van der Waals surface area contributed by atoms with Gasteiger partial charge in [-0.25, -0.2) is 10.2 Å². The molecule has 0 spiro atoms. The number of benzene rings is 3. The van der Waals surface area contributed by atoms with Gasteiger partial charge < -0.3 is 23.7 Å². The standard InChI is InChI=1S/C27H28N2O7/c1-17-7-6-8-22(18(17)2)35-16-25(30)29-28-15-19-9-11-21(12-10-19)36-27(31)20-13-23(32-3)26(34-5)24(14-20)33-4/h6-15H,16H2,1-5H3,(H,29,30)/b28-15+. The third-order valence-corrected chi connectivity index (χ3v) is 5.31. The third-order valence-electron chi connectivity index (χ3n) is 5.31. The Balaban J connectivity index is 1.55. The minimum atomic E-state index is -0.591. The average Bonchev–Trinajstić information content (AvgIpc) is 2.89. The Hall–Kier alpha value is -4.53. The van der Waals surface area contributed by atoms with Crippen molar-refractivity contribution in [2.45, 2.75) is 13.8 Å². The molecule has 0 bridgehead atoms. The van der Waals surface area contributed by atoms with Gasteiger partial charge in [0.15, 0.2) is 18.1 Å². The van der Waals surface area contributed by atoms with Gasteiger partial charge in [-0.15, -0.1) is 0 Å². The van der Waals surface area contributed by atoms with Gasteiger partial charge in [0.1, 0.15) is 11.5 Å². The third kappa shape index (κ3) is 6.53. The van der Waals surface area contributed by atoms with Crippen molar-refractivity contribution in [1.29, 1.82) is 0 Å². The zero-order valence-electron chi connectivity index (χ0n) is 20.8. The molecule has 0 unspecified atom stereocenters. The minimum Gasteiger partial charge on any atom is -0.493 e. The normalized spacial score (nSPS) is 10.6. The molecule has 0 aliphatic heterocycles. The first kappa shape index (κ1) is 26.1. The smallest absolute Gasteiger partial charge is 0.343 e. The lowest BCUT2D eigenvalue weighted by Gasteiger charge is -2.13. The average molecular weight is 493 g/mol. The summed E-state index contributed by atoms with van der Waals surface area (Å²) in [5.41, 5.74) is 5.42. The summed E-state index contributed by atoms with van der Waals surface area (Å²) in [5.74, 6) is 1.08. The van der Waals surface area contributed by atoms with Crippen LogP contribution < -0.4 is 29.1 Å². The summed E-state index contributed by atoms with van der Waals surface area (Å²) in [6.07, 6.45) is 1.47. The predicted molar refractivity (Wildman–Crippen MR) is 135 cm³/mol. The van der Waals surface area contributed by atoms with Crippen LogP contribution in [0, 0.1) is 13.8 Å². The first-order valence-electron chi connectivity index (χ1n) is 11.0. The lowest BCUT2D eigenvalue weighted by molar-refractivity contribution is -0.123. The maximum Gasteiger partial charge on any atom is 0.343 e.